The molecule has 0 aliphatic rings. The summed E-state index contributed by atoms with van der Waals surface area (Å²) in [6, 6.07) is 3.87. The van der Waals surface area contributed by atoms with E-state index in [4.69, 9.17) is 5.73 Å². The molecule has 1 heterocycles. The maximum atomic E-state index is 11.9. The van der Waals surface area contributed by atoms with Crippen molar-refractivity contribution >= 4 is 17.3 Å². The van der Waals surface area contributed by atoms with Crippen LogP contribution in [-0.2, 0) is 6.54 Å². The first-order valence-corrected chi connectivity index (χ1v) is 5.80. The molecule has 0 atom stereocenters. The van der Waals surface area contributed by atoms with Gasteiger partial charge in [-0.2, -0.15) is 5.10 Å². The number of H-pyrrole nitrogens is 1. The van der Waals surface area contributed by atoms with Crippen LogP contribution in [0.4, 0.5) is 11.4 Å². The lowest BCUT2D eigenvalue weighted by Gasteiger charge is -2.05. The molecule has 0 fully saturated rings. The number of nitro groups is 1. The van der Waals surface area contributed by atoms with Gasteiger partial charge >= 0.3 is 0 Å². The summed E-state index contributed by atoms with van der Waals surface area (Å²) >= 11 is 0. The molecule has 2 rings (SSSR count). The molecule has 20 heavy (non-hydrogen) atoms. The number of hydrogen-bond acceptors (Lipinski definition) is 5. The van der Waals surface area contributed by atoms with Crippen LogP contribution in [0.5, 0.6) is 0 Å². The highest BCUT2D eigenvalue weighted by molar-refractivity contribution is 5.95. The first-order chi connectivity index (χ1) is 9.49. The second kappa shape index (κ2) is 5.39. The number of carbonyl (C=O) groups is 1. The number of nitrogens with two attached hydrogens (primary N) is 1. The Morgan fingerprint density at radius 1 is 1.55 bits per heavy atom. The summed E-state index contributed by atoms with van der Waals surface area (Å²) in [7, 11) is 0. The third-order valence-corrected chi connectivity index (χ3v) is 2.86. The molecule has 0 bridgehead atoms. The second-order valence-corrected chi connectivity index (χ2v) is 4.23. The number of amides is 1. The van der Waals surface area contributed by atoms with Crippen LogP contribution in [0.1, 0.15) is 21.6 Å². The van der Waals surface area contributed by atoms with E-state index in [1.165, 1.54) is 18.2 Å². The highest BCUT2D eigenvalue weighted by Gasteiger charge is 2.14. The van der Waals surface area contributed by atoms with Crippen LogP contribution in [0.25, 0.3) is 0 Å². The number of rotatable bonds is 4. The molecule has 104 valence electrons. The standard InChI is InChI=1S/C12H13N5O3/c1-7-9(6-15-16-7)5-14-12(18)8-2-3-11(17(19)20)10(13)4-8/h2-4,6H,5,13H2,1H3,(H,14,18)(H,15,16). The van der Waals surface area contributed by atoms with Crippen molar-refractivity contribution in [3.05, 3.63) is 51.3 Å². The van der Waals surface area contributed by atoms with Crippen LogP contribution in [-0.4, -0.2) is 21.0 Å². The molecule has 0 aliphatic carbocycles. The first kappa shape index (κ1) is 13.5. The van der Waals surface area contributed by atoms with Crippen molar-refractivity contribution in [3.63, 3.8) is 0 Å². The van der Waals surface area contributed by atoms with Gasteiger partial charge in [-0.25, -0.2) is 0 Å². The van der Waals surface area contributed by atoms with Gasteiger partial charge in [0.05, 0.1) is 11.1 Å². The number of aryl methyl sites for hydroxylation is 1. The van der Waals surface area contributed by atoms with Gasteiger partial charge in [-0.05, 0) is 19.1 Å². The number of hydrogen-bond donors (Lipinski definition) is 3. The average Bonchev–Trinajstić information content (AvgIpc) is 2.81. The molecule has 1 aromatic heterocycles. The zero-order chi connectivity index (χ0) is 14.7. The molecule has 1 amide bonds. The van der Waals surface area contributed by atoms with E-state index in [-0.39, 0.29) is 22.8 Å². The molecule has 0 spiro atoms. The van der Waals surface area contributed by atoms with E-state index < -0.39 is 4.92 Å². The minimum atomic E-state index is -0.591. The smallest absolute Gasteiger partial charge is 0.292 e. The minimum Gasteiger partial charge on any atom is -0.393 e. The number of anilines is 1. The van der Waals surface area contributed by atoms with Crippen LogP contribution < -0.4 is 11.1 Å². The largest absolute Gasteiger partial charge is 0.393 e. The number of nitrogens with zero attached hydrogens (tertiary/aromatic N) is 2. The van der Waals surface area contributed by atoms with Crippen LogP contribution in [0, 0.1) is 17.0 Å². The van der Waals surface area contributed by atoms with Crippen molar-refractivity contribution in [2.24, 2.45) is 0 Å². The van der Waals surface area contributed by atoms with E-state index in [0.29, 0.717) is 6.54 Å². The van der Waals surface area contributed by atoms with Gasteiger partial charge in [-0.15, -0.1) is 0 Å². The maximum absolute atomic E-state index is 11.9. The molecule has 0 saturated carbocycles. The van der Waals surface area contributed by atoms with Crippen molar-refractivity contribution in [2.75, 3.05) is 5.73 Å². The van der Waals surface area contributed by atoms with Gasteiger partial charge in [0.1, 0.15) is 5.69 Å². The zero-order valence-electron chi connectivity index (χ0n) is 10.7. The lowest BCUT2D eigenvalue weighted by molar-refractivity contribution is -0.383. The molecule has 0 unspecified atom stereocenters. The molecule has 2 aromatic rings. The maximum Gasteiger partial charge on any atom is 0.292 e. The van der Waals surface area contributed by atoms with Crippen molar-refractivity contribution in [1.29, 1.82) is 0 Å². The summed E-state index contributed by atoms with van der Waals surface area (Å²) in [5, 5.41) is 19.9. The molecular weight excluding hydrogens is 262 g/mol. The zero-order valence-corrected chi connectivity index (χ0v) is 10.7. The number of aromatic amines is 1. The van der Waals surface area contributed by atoms with Gasteiger partial charge in [0.15, 0.2) is 0 Å². The Kier molecular flexibility index (Phi) is 3.65. The molecule has 0 saturated heterocycles. The van der Waals surface area contributed by atoms with Gasteiger partial charge in [-0.1, -0.05) is 0 Å². The Balaban J connectivity index is 2.08. The predicted octanol–water partition coefficient (Wildman–Crippen LogP) is 1.14. The van der Waals surface area contributed by atoms with Crippen molar-refractivity contribution in [2.45, 2.75) is 13.5 Å². The number of aromatic nitrogens is 2. The van der Waals surface area contributed by atoms with Gasteiger partial charge in [-0.3, -0.25) is 20.0 Å². The van der Waals surface area contributed by atoms with Crippen LogP contribution >= 0.6 is 0 Å². The number of carbonyl (C=O) groups excluding carboxylic acids is 1. The SMILES string of the molecule is Cc1[nH]ncc1CNC(=O)c1ccc([N+](=O)[O-])c(N)c1. The molecular formula is C12H13N5O3. The first-order valence-electron chi connectivity index (χ1n) is 5.80. The fraction of sp³-hybridized carbons (Fsp3) is 0.167. The second-order valence-electron chi connectivity index (χ2n) is 4.23. The molecule has 8 heteroatoms. The summed E-state index contributed by atoms with van der Waals surface area (Å²) in [5.41, 5.74) is 7.29. The van der Waals surface area contributed by atoms with Crippen molar-refractivity contribution in [3.8, 4) is 0 Å². The number of nitro benzene ring substituents is 1. The summed E-state index contributed by atoms with van der Waals surface area (Å²) in [4.78, 5) is 22.0. The van der Waals surface area contributed by atoms with E-state index in [2.05, 4.69) is 15.5 Å². The van der Waals surface area contributed by atoms with Crippen molar-refractivity contribution < 1.29 is 9.72 Å². The van der Waals surface area contributed by atoms with Crippen LogP contribution in [0.2, 0.25) is 0 Å². The van der Waals surface area contributed by atoms with Crippen molar-refractivity contribution in [1.82, 2.24) is 15.5 Å². The Labute approximate surface area is 114 Å². The number of benzene rings is 1. The summed E-state index contributed by atoms with van der Waals surface area (Å²) < 4.78 is 0. The van der Waals surface area contributed by atoms with Gasteiger partial charge in [0.2, 0.25) is 0 Å². The predicted molar refractivity (Wildman–Crippen MR) is 72.0 cm³/mol. The highest BCUT2D eigenvalue weighted by Crippen LogP contribution is 2.21. The highest BCUT2D eigenvalue weighted by atomic mass is 16.6. The minimum absolute atomic E-state index is 0.0397. The Bertz CT molecular complexity index is 665. The fourth-order valence-corrected chi connectivity index (χ4v) is 1.69. The number of nitrogen functional groups attached to an aromatic ring is 1. The quantitative estimate of drug-likeness (QED) is 0.438. The van der Waals surface area contributed by atoms with E-state index >= 15 is 0 Å². The Morgan fingerprint density at radius 2 is 2.30 bits per heavy atom. The van der Waals surface area contributed by atoms with Gasteiger partial charge in [0, 0.05) is 29.4 Å². The lowest BCUT2D eigenvalue weighted by Crippen LogP contribution is -2.23. The van der Waals surface area contributed by atoms with E-state index in [1.54, 1.807) is 6.20 Å². The topological polar surface area (TPSA) is 127 Å². The van der Waals surface area contributed by atoms with E-state index in [0.717, 1.165) is 11.3 Å². The van der Waals surface area contributed by atoms with E-state index in [9.17, 15) is 14.9 Å². The van der Waals surface area contributed by atoms with E-state index in [1.807, 2.05) is 6.92 Å². The molecule has 8 nitrogen and oxygen atoms in total. The lowest BCUT2D eigenvalue weighted by atomic mass is 10.1. The number of nitrogens with one attached hydrogen (secondary N) is 2. The fourth-order valence-electron chi connectivity index (χ4n) is 1.69. The monoisotopic (exact) mass is 275 g/mol. The van der Waals surface area contributed by atoms with Gasteiger partial charge in [0.25, 0.3) is 11.6 Å². The van der Waals surface area contributed by atoms with Crippen LogP contribution in [0.3, 0.4) is 0 Å². The Hall–Kier alpha value is -2.90. The molecule has 4 N–H and O–H groups in total. The van der Waals surface area contributed by atoms with Gasteiger partial charge < -0.3 is 11.1 Å². The molecule has 0 aliphatic heterocycles. The Morgan fingerprint density at radius 3 is 2.85 bits per heavy atom. The molecule has 1 aromatic carbocycles. The third-order valence-electron chi connectivity index (χ3n) is 2.86. The summed E-state index contributed by atoms with van der Waals surface area (Å²) in [6.45, 7) is 2.16. The normalized spacial score (nSPS) is 10.2. The third kappa shape index (κ3) is 2.74. The summed E-state index contributed by atoms with van der Waals surface area (Å²) in [5.74, 6) is -0.354. The summed E-state index contributed by atoms with van der Waals surface area (Å²) in [6.07, 6.45) is 1.62. The van der Waals surface area contributed by atoms with Crippen LogP contribution in [0.15, 0.2) is 24.4 Å². The average molecular weight is 275 g/mol. The molecule has 0 radical (unpaired) electrons.